The standard InChI is InChI=1S/C50H33NO/c1-3-14-34(15-4-1)36-26-29-39(30-27-36)51(47-25-13-19-37-18-7-8-20-40(37)47)48-33-46-42-22-10-9-21-41(42)45-32-38(35-16-5-2-6-17-35)28-31-49(45)52-50(46)44-24-12-11-23-43(44)48/h1-33H. The van der Waals surface area contributed by atoms with Gasteiger partial charge < -0.3 is 9.64 Å². The van der Waals surface area contributed by atoms with Crippen molar-refractivity contribution in [1.82, 2.24) is 0 Å². The Morgan fingerprint density at radius 1 is 0.327 bits per heavy atom. The van der Waals surface area contributed by atoms with Crippen LogP contribution >= 0.6 is 0 Å². The Morgan fingerprint density at radius 3 is 1.63 bits per heavy atom. The zero-order valence-corrected chi connectivity index (χ0v) is 28.4. The SMILES string of the molecule is c1ccc(-c2ccc(N(c3cccc4ccccc34)c3cc4c(c5ccccc35)Oc3ccc(-c5ccccc5)cc3-c3ccccc3-4)cc2)cc1. The van der Waals surface area contributed by atoms with Gasteiger partial charge in [-0.1, -0.05) is 164 Å². The highest BCUT2D eigenvalue weighted by molar-refractivity contribution is 6.10. The van der Waals surface area contributed by atoms with Gasteiger partial charge in [-0.15, -0.1) is 0 Å². The van der Waals surface area contributed by atoms with Crippen molar-refractivity contribution in [3.63, 3.8) is 0 Å². The smallest absolute Gasteiger partial charge is 0.143 e. The zero-order valence-electron chi connectivity index (χ0n) is 28.4. The molecule has 0 radical (unpaired) electrons. The van der Waals surface area contributed by atoms with E-state index in [-0.39, 0.29) is 0 Å². The average Bonchev–Trinajstić information content (AvgIpc) is 3.36. The molecule has 1 aliphatic heterocycles. The van der Waals surface area contributed by atoms with E-state index in [0.29, 0.717) is 0 Å². The molecule has 2 nitrogen and oxygen atoms in total. The van der Waals surface area contributed by atoms with Crippen molar-refractivity contribution in [3.8, 4) is 56.0 Å². The lowest BCUT2D eigenvalue weighted by atomic mass is 9.91. The first-order valence-corrected chi connectivity index (χ1v) is 17.8. The number of benzene rings is 9. The van der Waals surface area contributed by atoms with E-state index in [9.17, 15) is 0 Å². The molecule has 9 aromatic rings. The highest BCUT2D eigenvalue weighted by Crippen LogP contribution is 2.53. The van der Waals surface area contributed by atoms with Crippen LogP contribution in [0.1, 0.15) is 0 Å². The van der Waals surface area contributed by atoms with Crippen molar-refractivity contribution in [1.29, 1.82) is 0 Å². The molecule has 52 heavy (non-hydrogen) atoms. The summed E-state index contributed by atoms with van der Waals surface area (Å²) < 4.78 is 7.05. The molecule has 0 amide bonds. The summed E-state index contributed by atoms with van der Waals surface area (Å²) in [5.74, 6) is 1.72. The third-order valence-corrected chi connectivity index (χ3v) is 10.3. The molecule has 1 heterocycles. The van der Waals surface area contributed by atoms with E-state index >= 15 is 0 Å². The van der Waals surface area contributed by atoms with Crippen molar-refractivity contribution in [2.45, 2.75) is 0 Å². The number of hydrogen-bond acceptors (Lipinski definition) is 2. The molecule has 0 saturated heterocycles. The van der Waals surface area contributed by atoms with Crippen molar-refractivity contribution in [2.24, 2.45) is 0 Å². The van der Waals surface area contributed by atoms with Crippen LogP contribution in [0.2, 0.25) is 0 Å². The summed E-state index contributed by atoms with van der Waals surface area (Å²) in [5.41, 5.74) is 12.5. The third kappa shape index (κ3) is 5.04. The Hall–Kier alpha value is -6.90. The molecule has 2 heteroatoms. The van der Waals surface area contributed by atoms with Crippen LogP contribution in [-0.4, -0.2) is 0 Å². The predicted molar refractivity (Wildman–Crippen MR) is 218 cm³/mol. The van der Waals surface area contributed by atoms with E-state index in [1.54, 1.807) is 0 Å². The van der Waals surface area contributed by atoms with E-state index < -0.39 is 0 Å². The maximum Gasteiger partial charge on any atom is 0.143 e. The molecule has 0 fully saturated rings. The molecular weight excluding hydrogens is 631 g/mol. The minimum Gasteiger partial charge on any atom is -0.455 e. The normalized spacial score (nSPS) is 11.6. The molecule has 0 N–H and O–H groups in total. The molecule has 244 valence electrons. The van der Waals surface area contributed by atoms with Crippen LogP contribution in [-0.2, 0) is 0 Å². The van der Waals surface area contributed by atoms with Gasteiger partial charge in [0.25, 0.3) is 0 Å². The van der Waals surface area contributed by atoms with Crippen LogP contribution in [0.5, 0.6) is 11.5 Å². The van der Waals surface area contributed by atoms with Gasteiger partial charge in [-0.25, -0.2) is 0 Å². The molecule has 1 aliphatic rings. The maximum atomic E-state index is 7.05. The van der Waals surface area contributed by atoms with Crippen molar-refractivity contribution in [2.75, 3.05) is 4.90 Å². The Balaban J connectivity index is 1.23. The second-order valence-electron chi connectivity index (χ2n) is 13.3. The van der Waals surface area contributed by atoms with E-state index in [4.69, 9.17) is 4.74 Å². The monoisotopic (exact) mass is 663 g/mol. The zero-order chi connectivity index (χ0) is 34.4. The molecule has 0 unspecified atom stereocenters. The van der Waals surface area contributed by atoms with Gasteiger partial charge in [-0.05, 0) is 75.2 Å². The van der Waals surface area contributed by atoms with E-state index in [1.807, 2.05) is 0 Å². The lowest BCUT2D eigenvalue weighted by Crippen LogP contribution is -2.11. The molecular formula is C50H33NO. The second-order valence-corrected chi connectivity index (χ2v) is 13.3. The van der Waals surface area contributed by atoms with Crippen LogP contribution < -0.4 is 9.64 Å². The quantitative estimate of drug-likeness (QED) is 0.182. The highest BCUT2D eigenvalue weighted by atomic mass is 16.5. The van der Waals surface area contributed by atoms with Crippen LogP contribution in [0.25, 0.3) is 66.1 Å². The molecule has 10 rings (SSSR count). The van der Waals surface area contributed by atoms with E-state index in [0.717, 1.165) is 67.2 Å². The van der Waals surface area contributed by atoms with E-state index in [1.165, 1.54) is 27.5 Å². The van der Waals surface area contributed by atoms with E-state index in [2.05, 4.69) is 205 Å². The van der Waals surface area contributed by atoms with Crippen LogP contribution in [0.15, 0.2) is 200 Å². The van der Waals surface area contributed by atoms with Crippen LogP contribution in [0.3, 0.4) is 0 Å². The molecule has 0 aliphatic carbocycles. The summed E-state index contributed by atoms with van der Waals surface area (Å²) in [4.78, 5) is 2.42. The lowest BCUT2D eigenvalue weighted by molar-refractivity contribution is 0.493. The highest BCUT2D eigenvalue weighted by Gasteiger charge is 2.27. The fraction of sp³-hybridized carbons (Fsp3) is 0. The van der Waals surface area contributed by atoms with Gasteiger partial charge in [0, 0.05) is 33.0 Å². The molecule has 0 saturated carbocycles. The summed E-state index contributed by atoms with van der Waals surface area (Å²) in [7, 11) is 0. The van der Waals surface area contributed by atoms with Gasteiger partial charge in [-0.3, -0.25) is 0 Å². The van der Waals surface area contributed by atoms with Gasteiger partial charge >= 0.3 is 0 Å². The first-order valence-electron chi connectivity index (χ1n) is 17.8. The van der Waals surface area contributed by atoms with Crippen molar-refractivity contribution >= 4 is 38.6 Å². The van der Waals surface area contributed by atoms with Crippen molar-refractivity contribution in [3.05, 3.63) is 200 Å². The number of rotatable bonds is 5. The first kappa shape index (κ1) is 30.0. The first-order chi connectivity index (χ1) is 25.8. The minimum atomic E-state index is 0.853. The minimum absolute atomic E-state index is 0.853. The molecule has 9 aromatic carbocycles. The lowest BCUT2D eigenvalue weighted by Gasteiger charge is -2.29. The van der Waals surface area contributed by atoms with Crippen molar-refractivity contribution < 1.29 is 4.74 Å². The van der Waals surface area contributed by atoms with Gasteiger partial charge in [0.2, 0.25) is 0 Å². The maximum absolute atomic E-state index is 7.05. The summed E-state index contributed by atoms with van der Waals surface area (Å²) >= 11 is 0. The number of nitrogens with zero attached hydrogens (tertiary/aromatic N) is 1. The molecule has 0 bridgehead atoms. The summed E-state index contributed by atoms with van der Waals surface area (Å²) in [6.07, 6.45) is 0. The van der Waals surface area contributed by atoms with Gasteiger partial charge in [0.15, 0.2) is 0 Å². The molecule has 0 atom stereocenters. The Labute approximate surface area is 303 Å². The fourth-order valence-corrected chi connectivity index (χ4v) is 7.77. The van der Waals surface area contributed by atoms with Crippen LogP contribution in [0, 0.1) is 0 Å². The predicted octanol–water partition coefficient (Wildman–Crippen LogP) is 14.2. The van der Waals surface area contributed by atoms with Gasteiger partial charge in [-0.2, -0.15) is 0 Å². The Kier molecular flexibility index (Phi) is 7.18. The Bertz CT molecular complexity index is 2750. The summed E-state index contributed by atoms with van der Waals surface area (Å²) in [6.45, 7) is 0. The number of hydrogen-bond donors (Lipinski definition) is 0. The molecule has 0 aromatic heterocycles. The number of anilines is 3. The summed E-state index contributed by atoms with van der Waals surface area (Å²) in [6, 6.07) is 71.6. The summed E-state index contributed by atoms with van der Waals surface area (Å²) in [5, 5.41) is 4.57. The van der Waals surface area contributed by atoms with Gasteiger partial charge in [0.1, 0.15) is 11.5 Å². The fourth-order valence-electron chi connectivity index (χ4n) is 7.77. The number of ether oxygens (including phenoxy) is 1. The Morgan fingerprint density at radius 2 is 0.885 bits per heavy atom. The third-order valence-electron chi connectivity index (χ3n) is 10.3. The average molecular weight is 664 g/mol. The number of fused-ring (bicyclic) bond motifs is 8. The van der Waals surface area contributed by atoms with Crippen LogP contribution in [0.4, 0.5) is 17.1 Å². The van der Waals surface area contributed by atoms with Gasteiger partial charge in [0.05, 0.1) is 11.4 Å². The topological polar surface area (TPSA) is 12.5 Å². The largest absolute Gasteiger partial charge is 0.455 e. The second kappa shape index (κ2) is 12.5. The molecule has 0 spiro atoms.